The number of nitrogens with one attached hydrogen (secondary N) is 1. The smallest absolute Gasteiger partial charge is 0.314 e. The van der Waals surface area contributed by atoms with Gasteiger partial charge in [0.05, 0.1) is 5.92 Å². The van der Waals surface area contributed by atoms with Crippen LogP contribution >= 0.6 is 11.6 Å². The van der Waals surface area contributed by atoms with Crippen molar-refractivity contribution in [1.29, 1.82) is 0 Å². The molecule has 0 unspecified atom stereocenters. The number of amides is 1. The highest BCUT2D eigenvalue weighted by Crippen LogP contribution is 2.27. The van der Waals surface area contributed by atoms with E-state index in [2.05, 4.69) is 5.32 Å². The van der Waals surface area contributed by atoms with Crippen LogP contribution in [0.4, 0.5) is 5.69 Å². The van der Waals surface area contributed by atoms with Gasteiger partial charge in [0.25, 0.3) is 0 Å². The first-order valence-corrected chi connectivity index (χ1v) is 8.98. The molecular weight excluding hydrogens is 366 g/mol. The normalized spacial score (nSPS) is 11.7. The van der Waals surface area contributed by atoms with Crippen LogP contribution in [0.25, 0.3) is 0 Å². The van der Waals surface area contributed by atoms with Gasteiger partial charge in [0, 0.05) is 23.2 Å². The first-order valence-electron chi connectivity index (χ1n) is 8.61. The topological polar surface area (TPSA) is 72.5 Å². The van der Waals surface area contributed by atoms with Crippen molar-refractivity contribution in [2.75, 3.05) is 11.9 Å². The molecule has 0 bridgehead atoms. The van der Waals surface area contributed by atoms with Crippen molar-refractivity contribution in [3.63, 3.8) is 0 Å². The number of rotatable bonds is 7. The number of halogens is 1. The first-order chi connectivity index (χ1) is 12.8. The summed E-state index contributed by atoms with van der Waals surface area (Å²) in [4.78, 5) is 35.8. The van der Waals surface area contributed by atoms with Gasteiger partial charge in [0.1, 0.15) is 0 Å². The maximum atomic E-state index is 12.5. The van der Waals surface area contributed by atoms with Crippen LogP contribution in [0.5, 0.6) is 0 Å². The Morgan fingerprint density at radius 2 is 1.59 bits per heavy atom. The highest BCUT2D eigenvalue weighted by Gasteiger charge is 2.26. The molecule has 0 fully saturated rings. The van der Waals surface area contributed by atoms with Crippen molar-refractivity contribution in [2.45, 2.75) is 26.7 Å². The third-order valence-electron chi connectivity index (χ3n) is 4.02. The van der Waals surface area contributed by atoms with Crippen LogP contribution in [0.1, 0.15) is 42.6 Å². The molecular formula is C21H22ClNO4. The molecule has 142 valence electrons. The third kappa shape index (κ3) is 5.93. The second-order valence-corrected chi connectivity index (χ2v) is 7.00. The zero-order chi connectivity index (χ0) is 20.0. The predicted molar refractivity (Wildman–Crippen MR) is 105 cm³/mol. The quantitative estimate of drug-likeness (QED) is 0.562. The number of esters is 1. The Morgan fingerprint density at radius 3 is 2.11 bits per heavy atom. The van der Waals surface area contributed by atoms with Gasteiger partial charge in [0.15, 0.2) is 12.4 Å². The minimum absolute atomic E-state index is 0.00529. The van der Waals surface area contributed by atoms with E-state index in [0.717, 1.165) is 5.56 Å². The van der Waals surface area contributed by atoms with Gasteiger partial charge in [-0.25, -0.2) is 0 Å². The number of carbonyl (C=O) groups is 3. The van der Waals surface area contributed by atoms with Crippen molar-refractivity contribution >= 4 is 34.9 Å². The molecule has 0 aromatic heterocycles. The summed E-state index contributed by atoms with van der Waals surface area (Å²) in [5, 5.41) is 3.22. The summed E-state index contributed by atoms with van der Waals surface area (Å²) in [6, 6.07) is 13.4. The van der Waals surface area contributed by atoms with E-state index in [1.807, 2.05) is 13.8 Å². The van der Waals surface area contributed by atoms with Crippen LogP contribution in [0.3, 0.4) is 0 Å². The van der Waals surface area contributed by atoms with E-state index in [1.54, 1.807) is 48.5 Å². The van der Waals surface area contributed by atoms with Crippen LogP contribution in [0.2, 0.25) is 5.02 Å². The van der Waals surface area contributed by atoms with E-state index in [-0.39, 0.29) is 24.2 Å². The second-order valence-electron chi connectivity index (χ2n) is 6.56. The van der Waals surface area contributed by atoms with Gasteiger partial charge >= 0.3 is 5.97 Å². The number of benzene rings is 2. The molecule has 0 aliphatic heterocycles. The summed E-state index contributed by atoms with van der Waals surface area (Å²) in [6.45, 7) is 4.91. The number of anilines is 1. The Hall–Kier alpha value is -2.66. The fourth-order valence-corrected chi connectivity index (χ4v) is 2.84. The molecule has 1 N–H and O–H groups in total. The molecule has 0 spiro atoms. The Morgan fingerprint density at radius 1 is 1.00 bits per heavy atom. The summed E-state index contributed by atoms with van der Waals surface area (Å²) < 4.78 is 5.27. The van der Waals surface area contributed by atoms with Crippen molar-refractivity contribution in [2.24, 2.45) is 5.92 Å². The lowest BCUT2D eigenvalue weighted by Crippen LogP contribution is -2.23. The van der Waals surface area contributed by atoms with E-state index < -0.39 is 11.9 Å². The van der Waals surface area contributed by atoms with E-state index >= 15 is 0 Å². The fraction of sp³-hybridized carbons (Fsp3) is 0.286. The van der Waals surface area contributed by atoms with Gasteiger partial charge in [-0.1, -0.05) is 37.6 Å². The van der Waals surface area contributed by atoms with E-state index in [1.165, 1.54) is 6.92 Å². The van der Waals surface area contributed by atoms with Crippen LogP contribution < -0.4 is 5.32 Å². The second kappa shape index (κ2) is 9.33. The number of hydrogen-bond donors (Lipinski definition) is 1. The van der Waals surface area contributed by atoms with Crippen molar-refractivity contribution in [3.8, 4) is 0 Å². The highest BCUT2D eigenvalue weighted by atomic mass is 35.5. The molecule has 5 nitrogen and oxygen atoms in total. The average molecular weight is 388 g/mol. The number of carbonyl (C=O) groups excluding carboxylic acids is 3. The molecule has 0 aliphatic carbocycles. The number of ketones is 1. The standard InChI is InChI=1S/C21H22ClNO4/c1-13(2)20(16-4-8-17(22)9-5-16)21(26)27-12-19(25)15-6-10-18(11-7-15)23-14(3)24/h4-11,13,20H,12H2,1-3H3,(H,23,24)/t20-/m1/s1. The van der Waals surface area contributed by atoms with E-state index in [0.29, 0.717) is 16.3 Å². The monoisotopic (exact) mass is 387 g/mol. The van der Waals surface area contributed by atoms with Crippen molar-refractivity contribution in [1.82, 2.24) is 0 Å². The summed E-state index contributed by atoms with van der Waals surface area (Å²) in [7, 11) is 0. The van der Waals surface area contributed by atoms with E-state index in [9.17, 15) is 14.4 Å². The molecule has 2 aromatic carbocycles. The highest BCUT2D eigenvalue weighted by molar-refractivity contribution is 6.30. The van der Waals surface area contributed by atoms with Gasteiger partial charge < -0.3 is 10.1 Å². The Kier molecular flexibility index (Phi) is 7.13. The Balaban J connectivity index is 2.00. The summed E-state index contributed by atoms with van der Waals surface area (Å²) in [6.07, 6.45) is 0. The van der Waals surface area contributed by atoms with Gasteiger partial charge in [-0.15, -0.1) is 0 Å². The largest absolute Gasteiger partial charge is 0.457 e. The van der Waals surface area contributed by atoms with Gasteiger partial charge in [-0.2, -0.15) is 0 Å². The van der Waals surface area contributed by atoms with Gasteiger partial charge in [0.2, 0.25) is 5.91 Å². The summed E-state index contributed by atoms with van der Waals surface area (Å²) >= 11 is 5.90. The van der Waals surface area contributed by atoms with Crippen LogP contribution in [0.15, 0.2) is 48.5 Å². The summed E-state index contributed by atoms with van der Waals surface area (Å²) in [5.41, 5.74) is 1.80. The summed E-state index contributed by atoms with van der Waals surface area (Å²) in [5.74, 6) is -1.42. The van der Waals surface area contributed by atoms with Crippen molar-refractivity contribution in [3.05, 3.63) is 64.7 Å². The number of Topliss-reactive ketones (excluding diaryl/α,β-unsaturated/α-hetero) is 1. The third-order valence-corrected chi connectivity index (χ3v) is 4.27. The molecule has 2 aromatic rings. The SMILES string of the molecule is CC(=O)Nc1ccc(C(=O)COC(=O)[C@@H](c2ccc(Cl)cc2)C(C)C)cc1. The van der Waals surface area contributed by atoms with Crippen LogP contribution in [-0.2, 0) is 14.3 Å². The van der Waals surface area contributed by atoms with E-state index in [4.69, 9.17) is 16.3 Å². The zero-order valence-corrected chi connectivity index (χ0v) is 16.2. The Bertz CT molecular complexity index is 813. The zero-order valence-electron chi connectivity index (χ0n) is 15.5. The van der Waals surface area contributed by atoms with Crippen LogP contribution in [0, 0.1) is 5.92 Å². The lowest BCUT2D eigenvalue weighted by molar-refractivity contribution is -0.145. The minimum Gasteiger partial charge on any atom is -0.457 e. The maximum Gasteiger partial charge on any atom is 0.314 e. The van der Waals surface area contributed by atoms with Gasteiger partial charge in [-0.3, -0.25) is 14.4 Å². The molecule has 0 heterocycles. The molecule has 2 rings (SSSR count). The maximum absolute atomic E-state index is 12.5. The predicted octanol–water partition coefficient (Wildman–Crippen LogP) is 4.46. The molecule has 0 saturated heterocycles. The minimum atomic E-state index is -0.475. The number of ether oxygens (including phenoxy) is 1. The molecule has 1 amide bonds. The average Bonchev–Trinajstić information content (AvgIpc) is 2.61. The lowest BCUT2D eigenvalue weighted by Gasteiger charge is -2.19. The number of hydrogen-bond acceptors (Lipinski definition) is 4. The first kappa shape index (κ1) is 20.6. The molecule has 27 heavy (non-hydrogen) atoms. The fourth-order valence-electron chi connectivity index (χ4n) is 2.72. The Labute approximate surface area is 163 Å². The van der Waals surface area contributed by atoms with Crippen LogP contribution in [-0.4, -0.2) is 24.3 Å². The molecule has 6 heteroatoms. The van der Waals surface area contributed by atoms with Crippen molar-refractivity contribution < 1.29 is 19.1 Å². The van der Waals surface area contributed by atoms with Gasteiger partial charge in [-0.05, 0) is 47.9 Å². The molecule has 0 saturated carbocycles. The lowest BCUT2D eigenvalue weighted by atomic mass is 9.88. The molecule has 0 aliphatic rings. The molecule has 0 radical (unpaired) electrons. The molecule has 1 atom stereocenters.